The molecule has 1 aromatic heterocycles. The van der Waals surface area contributed by atoms with Crippen molar-refractivity contribution in [2.75, 3.05) is 18.5 Å². The van der Waals surface area contributed by atoms with Crippen LogP contribution in [0.1, 0.15) is 38.3 Å². The van der Waals surface area contributed by atoms with E-state index in [-0.39, 0.29) is 19.4 Å². The van der Waals surface area contributed by atoms with Crippen molar-refractivity contribution in [1.82, 2.24) is 14.9 Å². The zero-order chi connectivity index (χ0) is 26.0. The van der Waals surface area contributed by atoms with Crippen molar-refractivity contribution in [2.24, 2.45) is 0 Å². The van der Waals surface area contributed by atoms with E-state index in [4.69, 9.17) is 9.47 Å². The van der Waals surface area contributed by atoms with Gasteiger partial charge in [0, 0.05) is 13.0 Å². The third kappa shape index (κ3) is 4.62. The van der Waals surface area contributed by atoms with Gasteiger partial charge >= 0.3 is 11.9 Å². The van der Waals surface area contributed by atoms with Crippen LogP contribution in [0.2, 0.25) is 0 Å². The molecule has 190 valence electrons. The van der Waals surface area contributed by atoms with Gasteiger partial charge < -0.3 is 20.1 Å². The molecule has 2 amide bonds. The van der Waals surface area contributed by atoms with Crippen molar-refractivity contribution in [1.29, 1.82) is 0 Å². The number of ether oxygens (including phenoxy) is 2. The molecule has 1 aromatic carbocycles. The number of H-pyrrole nitrogens is 1. The Bertz CT molecular complexity index is 1250. The predicted molar refractivity (Wildman–Crippen MR) is 119 cm³/mol. The molecule has 35 heavy (non-hydrogen) atoms. The smallest absolute Gasteiger partial charge is 0.425 e. The van der Waals surface area contributed by atoms with Crippen LogP contribution >= 0.6 is 0 Å². The summed E-state index contributed by atoms with van der Waals surface area (Å²) in [6.07, 6.45) is -5.58. The maximum Gasteiger partial charge on any atom is 0.425 e. The quantitative estimate of drug-likeness (QED) is 0.483. The number of nitrogens with one attached hydrogen (secondary N) is 3. The number of aromatic nitrogens is 2. The van der Waals surface area contributed by atoms with Crippen molar-refractivity contribution >= 4 is 17.6 Å². The molecule has 0 unspecified atom stereocenters. The first-order chi connectivity index (χ1) is 16.5. The fourth-order valence-corrected chi connectivity index (χ4v) is 3.83. The van der Waals surface area contributed by atoms with Crippen LogP contribution in [0.4, 0.5) is 19.0 Å². The van der Waals surface area contributed by atoms with Crippen LogP contribution in [0.15, 0.2) is 27.8 Å². The van der Waals surface area contributed by atoms with E-state index in [9.17, 15) is 32.3 Å². The topological polar surface area (TPSA) is 132 Å². The van der Waals surface area contributed by atoms with E-state index in [0.717, 1.165) is 4.57 Å². The van der Waals surface area contributed by atoms with Crippen molar-refractivity contribution in [2.45, 2.75) is 51.9 Å². The molecule has 3 N–H and O–H groups in total. The Labute approximate surface area is 197 Å². The van der Waals surface area contributed by atoms with E-state index in [1.165, 1.54) is 6.92 Å². The number of hydrogen-bond acceptors (Lipinski definition) is 6. The second-order valence-electron chi connectivity index (χ2n) is 7.64. The first kappa shape index (κ1) is 25.8. The van der Waals surface area contributed by atoms with Crippen LogP contribution in [-0.4, -0.2) is 40.8 Å². The standard InChI is InChI=1S/C22H25F3N4O6/c1-4-15(30)28-21(22(23,24)25)16-17(26-19(21)32)29(20(33)27-18(16)31)10-9-12-7-8-13(34-5-2)14(11-12)35-6-3/h7-8,11H,4-6,9-10H2,1-3H3,(H,26,32)(H,28,30)(H,27,31,33)/t21-/m0/s1. The summed E-state index contributed by atoms with van der Waals surface area (Å²) < 4.78 is 54.4. The highest BCUT2D eigenvalue weighted by Gasteiger charge is 2.68. The van der Waals surface area contributed by atoms with Crippen molar-refractivity contribution in [3.05, 3.63) is 50.2 Å². The molecule has 0 spiro atoms. The molecule has 13 heteroatoms. The van der Waals surface area contributed by atoms with E-state index in [0.29, 0.717) is 30.3 Å². The van der Waals surface area contributed by atoms with Gasteiger partial charge in [-0.05, 0) is 38.0 Å². The Morgan fingerprint density at radius 2 is 1.74 bits per heavy atom. The van der Waals surface area contributed by atoms with Crippen LogP contribution in [0.3, 0.4) is 0 Å². The highest BCUT2D eigenvalue weighted by Crippen LogP contribution is 2.45. The number of carbonyl (C=O) groups excluding carboxylic acids is 2. The number of nitrogens with zero attached hydrogens (tertiary/aromatic N) is 1. The van der Waals surface area contributed by atoms with Gasteiger partial charge in [0.05, 0.1) is 13.2 Å². The lowest BCUT2D eigenvalue weighted by atomic mass is 9.91. The first-order valence-electron chi connectivity index (χ1n) is 10.9. The molecule has 10 nitrogen and oxygen atoms in total. The number of rotatable bonds is 9. The van der Waals surface area contributed by atoms with E-state index in [1.54, 1.807) is 30.4 Å². The first-order valence-corrected chi connectivity index (χ1v) is 10.9. The molecular weight excluding hydrogens is 473 g/mol. The number of anilines is 1. The fourth-order valence-electron chi connectivity index (χ4n) is 3.83. The zero-order valence-electron chi connectivity index (χ0n) is 19.3. The second-order valence-corrected chi connectivity index (χ2v) is 7.64. The summed E-state index contributed by atoms with van der Waals surface area (Å²) in [4.78, 5) is 51.4. The average Bonchev–Trinajstić information content (AvgIpc) is 3.08. The molecule has 1 aliphatic rings. The van der Waals surface area contributed by atoms with Gasteiger partial charge in [0.15, 0.2) is 11.5 Å². The number of aromatic amines is 1. The highest BCUT2D eigenvalue weighted by molar-refractivity contribution is 6.07. The fraction of sp³-hybridized carbons (Fsp3) is 0.455. The van der Waals surface area contributed by atoms with E-state index in [2.05, 4.69) is 0 Å². The largest absolute Gasteiger partial charge is 0.490 e. The number of carbonyl (C=O) groups is 2. The van der Waals surface area contributed by atoms with Crippen molar-refractivity contribution in [3.8, 4) is 11.5 Å². The molecule has 1 aliphatic heterocycles. The Hall–Kier alpha value is -3.77. The van der Waals surface area contributed by atoms with E-state index < -0.39 is 46.2 Å². The molecule has 0 radical (unpaired) electrons. The summed E-state index contributed by atoms with van der Waals surface area (Å²) in [5.74, 6) is -2.42. The predicted octanol–water partition coefficient (Wildman–Crippen LogP) is 1.81. The molecular formula is C22H25F3N4O6. The zero-order valence-corrected chi connectivity index (χ0v) is 19.3. The minimum absolute atomic E-state index is 0.140. The summed E-state index contributed by atoms with van der Waals surface area (Å²) in [6.45, 7) is 5.49. The molecule has 0 saturated heterocycles. The maximum absolute atomic E-state index is 14.2. The Morgan fingerprint density at radius 3 is 2.34 bits per heavy atom. The Morgan fingerprint density at radius 1 is 1.09 bits per heavy atom. The molecule has 0 saturated carbocycles. The van der Waals surface area contributed by atoms with Crippen molar-refractivity contribution in [3.63, 3.8) is 0 Å². The lowest BCUT2D eigenvalue weighted by Gasteiger charge is -2.29. The van der Waals surface area contributed by atoms with Gasteiger partial charge in [-0.15, -0.1) is 0 Å². The van der Waals surface area contributed by atoms with Gasteiger partial charge in [-0.2, -0.15) is 13.2 Å². The van der Waals surface area contributed by atoms with Gasteiger partial charge in [-0.3, -0.25) is 23.9 Å². The molecule has 0 bridgehead atoms. The third-order valence-electron chi connectivity index (χ3n) is 5.45. The van der Waals surface area contributed by atoms with Gasteiger partial charge in [0.1, 0.15) is 11.4 Å². The minimum Gasteiger partial charge on any atom is -0.490 e. The molecule has 0 fully saturated rings. The maximum atomic E-state index is 14.2. The van der Waals surface area contributed by atoms with Crippen LogP contribution in [0, 0.1) is 0 Å². The summed E-state index contributed by atoms with van der Waals surface area (Å²) in [5, 5.41) is 3.64. The van der Waals surface area contributed by atoms with Crippen molar-refractivity contribution < 1.29 is 32.2 Å². The summed E-state index contributed by atoms with van der Waals surface area (Å²) in [7, 11) is 0. The summed E-state index contributed by atoms with van der Waals surface area (Å²) in [5.41, 5.74) is -6.48. The molecule has 2 heterocycles. The van der Waals surface area contributed by atoms with Gasteiger partial charge in [-0.25, -0.2) is 4.79 Å². The Kier molecular flexibility index (Phi) is 7.27. The normalized spacial score (nSPS) is 17.0. The SMILES string of the molecule is CCOc1ccc(CCn2c3c(c(=O)[nH]c2=O)[C@@](NC(=O)CC)(C(F)(F)F)C(=O)N3)cc1OCC. The number of fused-ring (bicyclic) bond motifs is 1. The number of benzene rings is 1. The second kappa shape index (κ2) is 9.84. The number of amides is 2. The highest BCUT2D eigenvalue weighted by atomic mass is 19.4. The number of alkyl halides is 3. The monoisotopic (exact) mass is 498 g/mol. The summed E-state index contributed by atoms with van der Waals surface area (Å²) in [6, 6.07) is 5.04. The molecule has 1 atom stereocenters. The lowest BCUT2D eigenvalue weighted by Crippen LogP contribution is -2.62. The number of hydrogen-bond donors (Lipinski definition) is 3. The van der Waals surface area contributed by atoms with Crippen LogP contribution in [-0.2, 0) is 28.1 Å². The van der Waals surface area contributed by atoms with Crippen LogP contribution < -0.4 is 31.4 Å². The lowest BCUT2D eigenvalue weighted by molar-refractivity contribution is -0.200. The number of aryl methyl sites for hydroxylation is 1. The van der Waals surface area contributed by atoms with Gasteiger partial charge in [0.2, 0.25) is 11.4 Å². The van der Waals surface area contributed by atoms with Crippen LogP contribution in [0.25, 0.3) is 0 Å². The van der Waals surface area contributed by atoms with E-state index >= 15 is 0 Å². The van der Waals surface area contributed by atoms with Crippen LogP contribution in [0.5, 0.6) is 11.5 Å². The summed E-state index contributed by atoms with van der Waals surface area (Å²) >= 11 is 0. The van der Waals surface area contributed by atoms with Gasteiger partial charge in [0.25, 0.3) is 11.5 Å². The van der Waals surface area contributed by atoms with Gasteiger partial charge in [-0.1, -0.05) is 13.0 Å². The third-order valence-corrected chi connectivity index (χ3v) is 5.45. The molecule has 2 aromatic rings. The average molecular weight is 498 g/mol. The van der Waals surface area contributed by atoms with E-state index in [1.807, 2.05) is 17.2 Å². The Balaban J connectivity index is 2.06. The molecule has 3 rings (SSSR count). The minimum atomic E-state index is -5.36. The number of halogens is 3. The molecule has 0 aliphatic carbocycles.